The summed E-state index contributed by atoms with van der Waals surface area (Å²) in [4.78, 5) is 0. The van der Waals surface area contributed by atoms with Crippen LogP contribution in [0.2, 0.25) is 0 Å². The Morgan fingerprint density at radius 3 is 2.71 bits per heavy atom. The van der Waals surface area contributed by atoms with Gasteiger partial charge in [0.15, 0.2) is 0 Å². The Hall–Kier alpha value is 0.0500. The second kappa shape index (κ2) is 6.05. The van der Waals surface area contributed by atoms with Crippen molar-refractivity contribution in [1.29, 1.82) is 0 Å². The van der Waals surface area contributed by atoms with E-state index in [9.17, 15) is 0 Å². The summed E-state index contributed by atoms with van der Waals surface area (Å²) in [5.74, 6) is 0.795. The Balaban J connectivity index is 2.78. The first-order valence-corrected chi connectivity index (χ1v) is 2.80. The van der Waals surface area contributed by atoms with Gasteiger partial charge in [0, 0.05) is 12.9 Å². The van der Waals surface area contributed by atoms with Crippen molar-refractivity contribution in [3.63, 3.8) is 0 Å². The van der Waals surface area contributed by atoms with E-state index < -0.39 is 0 Å². The quantitative estimate of drug-likeness (QED) is 0.431. The van der Waals surface area contributed by atoms with Gasteiger partial charge in [0.25, 0.3) is 0 Å². The van der Waals surface area contributed by atoms with Gasteiger partial charge in [0.2, 0.25) is 0 Å². The lowest BCUT2D eigenvalue weighted by Crippen LogP contribution is -1.79. The smallest absolute Gasteiger partial charge is 0.0643 e. The van der Waals surface area contributed by atoms with Crippen LogP contribution in [0.4, 0.5) is 0 Å². The molecule has 0 fully saturated rings. The minimum atomic E-state index is 0.695. The predicted molar refractivity (Wildman–Crippen MR) is 34.9 cm³/mol. The lowest BCUT2D eigenvalue weighted by molar-refractivity contribution is 0.234. The maximum absolute atomic E-state index is 4.72. The summed E-state index contributed by atoms with van der Waals surface area (Å²) in [5.41, 5.74) is 0. The van der Waals surface area contributed by atoms with E-state index in [1.807, 2.05) is 12.2 Å². The highest BCUT2D eigenvalue weighted by Crippen LogP contribution is 1.76. The number of ether oxygens (including phenoxy) is 1. The molecule has 0 unspecified atom stereocenters. The van der Waals surface area contributed by atoms with Crippen LogP contribution in [0.15, 0.2) is 12.2 Å². The number of thiol groups is 1. The molecule has 0 bridgehead atoms. The Morgan fingerprint density at radius 2 is 2.29 bits per heavy atom. The van der Waals surface area contributed by atoms with E-state index in [4.69, 9.17) is 4.74 Å². The largest absolute Gasteiger partial charge is 0.381 e. The van der Waals surface area contributed by atoms with Crippen molar-refractivity contribution in [3.8, 4) is 0 Å². The van der Waals surface area contributed by atoms with E-state index >= 15 is 0 Å². The molecule has 1 nitrogen and oxygen atoms in total. The molecule has 0 aliphatic heterocycles. The van der Waals surface area contributed by atoms with Crippen LogP contribution in [0.5, 0.6) is 0 Å². The van der Waals surface area contributed by atoms with Crippen molar-refractivity contribution in [2.75, 3.05) is 19.5 Å². The van der Waals surface area contributed by atoms with E-state index in [1.54, 1.807) is 7.11 Å². The molecule has 0 aliphatic rings. The minimum Gasteiger partial charge on any atom is -0.381 e. The second-order valence-electron chi connectivity index (χ2n) is 1.11. The molecular formula is C5H10OS. The van der Waals surface area contributed by atoms with Crippen LogP contribution in [-0.2, 0) is 4.74 Å². The molecule has 0 atom stereocenters. The topological polar surface area (TPSA) is 9.23 Å². The summed E-state index contributed by atoms with van der Waals surface area (Å²) >= 11 is 3.95. The van der Waals surface area contributed by atoms with Gasteiger partial charge in [0.1, 0.15) is 0 Å². The Bertz CT molecular complexity index is 52.0. The van der Waals surface area contributed by atoms with Gasteiger partial charge in [-0.15, -0.1) is 0 Å². The first kappa shape index (κ1) is 7.05. The summed E-state index contributed by atoms with van der Waals surface area (Å²) < 4.78 is 4.72. The third-order valence-electron chi connectivity index (χ3n) is 0.535. The maximum Gasteiger partial charge on any atom is 0.0643 e. The van der Waals surface area contributed by atoms with Crippen LogP contribution in [0.25, 0.3) is 0 Å². The molecule has 42 valence electrons. The van der Waals surface area contributed by atoms with E-state index in [-0.39, 0.29) is 0 Å². The summed E-state index contributed by atoms with van der Waals surface area (Å²) in [6, 6.07) is 0. The third-order valence-corrected chi connectivity index (χ3v) is 0.746. The zero-order chi connectivity index (χ0) is 5.54. The average molecular weight is 118 g/mol. The van der Waals surface area contributed by atoms with E-state index in [0.29, 0.717) is 6.61 Å². The average Bonchev–Trinajstić information content (AvgIpc) is 1.69. The predicted octanol–water partition coefficient (Wildman–Crippen LogP) is 1.12. The monoisotopic (exact) mass is 118 g/mol. The van der Waals surface area contributed by atoms with Gasteiger partial charge in [-0.05, 0) is 0 Å². The van der Waals surface area contributed by atoms with Crippen molar-refractivity contribution in [1.82, 2.24) is 0 Å². The van der Waals surface area contributed by atoms with E-state index in [0.717, 1.165) is 5.75 Å². The van der Waals surface area contributed by atoms with Crippen LogP contribution >= 0.6 is 12.6 Å². The van der Waals surface area contributed by atoms with Gasteiger partial charge in [-0.2, -0.15) is 12.6 Å². The van der Waals surface area contributed by atoms with E-state index in [2.05, 4.69) is 12.6 Å². The minimum absolute atomic E-state index is 0.695. The highest BCUT2D eigenvalue weighted by molar-refractivity contribution is 7.80. The molecule has 0 heterocycles. The van der Waals surface area contributed by atoms with Crippen LogP contribution in [0.1, 0.15) is 0 Å². The molecule has 2 heteroatoms. The van der Waals surface area contributed by atoms with Gasteiger partial charge in [-0.3, -0.25) is 0 Å². The fourth-order valence-electron chi connectivity index (χ4n) is 0.239. The molecule has 7 heavy (non-hydrogen) atoms. The van der Waals surface area contributed by atoms with Crippen molar-refractivity contribution in [2.45, 2.75) is 0 Å². The van der Waals surface area contributed by atoms with Gasteiger partial charge in [-0.1, -0.05) is 12.2 Å². The lowest BCUT2D eigenvalue weighted by Gasteiger charge is -1.83. The molecule has 0 radical (unpaired) electrons. The van der Waals surface area contributed by atoms with Crippen molar-refractivity contribution < 1.29 is 4.74 Å². The molecule has 0 rings (SSSR count). The highest BCUT2D eigenvalue weighted by Gasteiger charge is 1.66. The number of methoxy groups -OCH3 is 1. The number of hydrogen-bond donors (Lipinski definition) is 1. The number of hydrogen-bond acceptors (Lipinski definition) is 2. The maximum atomic E-state index is 4.72. The van der Waals surface area contributed by atoms with Crippen LogP contribution < -0.4 is 0 Å². The SMILES string of the molecule is COC/C=C/CS. The van der Waals surface area contributed by atoms with Crippen molar-refractivity contribution >= 4 is 12.6 Å². The molecular weight excluding hydrogens is 108 g/mol. The first-order valence-electron chi connectivity index (χ1n) is 2.16. The zero-order valence-corrected chi connectivity index (χ0v) is 5.32. The summed E-state index contributed by atoms with van der Waals surface area (Å²) in [6.45, 7) is 0.695. The van der Waals surface area contributed by atoms with Crippen LogP contribution in [-0.4, -0.2) is 19.5 Å². The third kappa shape index (κ3) is 6.05. The fraction of sp³-hybridized carbons (Fsp3) is 0.600. The van der Waals surface area contributed by atoms with Gasteiger partial charge in [-0.25, -0.2) is 0 Å². The Kier molecular flexibility index (Phi) is 6.09. The molecule has 0 aromatic carbocycles. The standard InChI is InChI=1S/C5H10OS/c1-6-4-2-3-5-7/h2-3,7H,4-5H2,1H3/b3-2+. The summed E-state index contributed by atoms with van der Waals surface area (Å²) in [7, 11) is 1.67. The molecule has 0 saturated carbocycles. The first-order chi connectivity index (χ1) is 3.41. The van der Waals surface area contributed by atoms with Gasteiger partial charge >= 0.3 is 0 Å². The zero-order valence-electron chi connectivity index (χ0n) is 4.42. The van der Waals surface area contributed by atoms with Gasteiger partial charge < -0.3 is 4.74 Å². The molecule has 0 aromatic heterocycles. The Morgan fingerprint density at radius 1 is 1.57 bits per heavy atom. The van der Waals surface area contributed by atoms with Crippen LogP contribution in [0, 0.1) is 0 Å². The molecule has 0 aliphatic carbocycles. The van der Waals surface area contributed by atoms with Crippen LogP contribution in [0.3, 0.4) is 0 Å². The normalized spacial score (nSPS) is 10.6. The Labute approximate surface area is 49.8 Å². The highest BCUT2D eigenvalue weighted by atomic mass is 32.1. The second-order valence-corrected chi connectivity index (χ2v) is 1.47. The molecule has 0 aromatic rings. The van der Waals surface area contributed by atoms with Crippen molar-refractivity contribution in [3.05, 3.63) is 12.2 Å². The van der Waals surface area contributed by atoms with Crippen molar-refractivity contribution in [2.24, 2.45) is 0 Å². The van der Waals surface area contributed by atoms with E-state index in [1.165, 1.54) is 0 Å². The molecule has 0 N–H and O–H groups in total. The molecule has 0 amide bonds. The fourth-order valence-corrected chi connectivity index (χ4v) is 0.388. The summed E-state index contributed by atoms with van der Waals surface area (Å²) in [5, 5.41) is 0. The lowest BCUT2D eigenvalue weighted by atomic mass is 10.6. The summed E-state index contributed by atoms with van der Waals surface area (Å²) in [6.07, 6.45) is 3.89. The number of rotatable bonds is 3. The molecule has 0 spiro atoms. The molecule has 0 saturated heterocycles. The van der Waals surface area contributed by atoms with Gasteiger partial charge in [0.05, 0.1) is 6.61 Å².